The van der Waals surface area contributed by atoms with Gasteiger partial charge in [0.15, 0.2) is 0 Å². The molecule has 0 spiro atoms. The van der Waals surface area contributed by atoms with E-state index in [1.807, 2.05) is 37.3 Å². The van der Waals surface area contributed by atoms with E-state index in [0.717, 1.165) is 17.9 Å². The predicted molar refractivity (Wildman–Crippen MR) is 86.0 cm³/mol. The van der Waals surface area contributed by atoms with Gasteiger partial charge >= 0.3 is 0 Å². The molecule has 0 radical (unpaired) electrons. The van der Waals surface area contributed by atoms with Crippen molar-refractivity contribution >= 4 is 15.9 Å². The lowest BCUT2D eigenvalue weighted by Crippen LogP contribution is -2.01. The van der Waals surface area contributed by atoms with Crippen molar-refractivity contribution in [2.45, 2.75) is 18.2 Å². The van der Waals surface area contributed by atoms with Gasteiger partial charge in [0.05, 0.1) is 13.7 Å². The van der Waals surface area contributed by atoms with E-state index >= 15 is 0 Å². The van der Waals surface area contributed by atoms with E-state index < -0.39 is 0 Å². The molecule has 0 bridgehead atoms. The number of alkyl halides is 1. The maximum atomic E-state index is 5.69. The zero-order chi connectivity index (χ0) is 14.4. The van der Waals surface area contributed by atoms with Gasteiger partial charge in [0.1, 0.15) is 11.5 Å². The summed E-state index contributed by atoms with van der Waals surface area (Å²) in [6.07, 6.45) is 0.890. The molecule has 0 aliphatic rings. The maximum Gasteiger partial charge on any atom is 0.123 e. The van der Waals surface area contributed by atoms with Gasteiger partial charge in [-0.2, -0.15) is 0 Å². The van der Waals surface area contributed by atoms with Crippen molar-refractivity contribution in [1.82, 2.24) is 0 Å². The molecular weight excluding hydrogens is 316 g/mol. The number of ether oxygens (including phenoxy) is 2. The van der Waals surface area contributed by atoms with Gasteiger partial charge in [0, 0.05) is 10.4 Å². The molecule has 20 heavy (non-hydrogen) atoms. The summed E-state index contributed by atoms with van der Waals surface area (Å²) in [6, 6.07) is 16.3. The van der Waals surface area contributed by atoms with Crippen molar-refractivity contribution in [3.63, 3.8) is 0 Å². The molecule has 0 heterocycles. The van der Waals surface area contributed by atoms with E-state index in [9.17, 15) is 0 Å². The van der Waals surface area contributed by atoms with Crippen LogP contribution in [0.3, 0.4) is 0 Å². The highest BCUT2D eigenvalue weighted by molar-refractivity contribution is 9.09. The van der Waals surface area contributed by atoms with Crippen LogP contribution in [0.25, 0.3) is 0 Å². The zero-order valence-electron chi connectivity index (χ0n) is 11.8. The molecule has 0 amide bonds. The second-order valence-corrected chi connectivity index (χ2v) is 5.60. The molecule has 0 saturated carbocycles. The van der Waals surface area contributed by atoms with Crippen LogP contribution in [0.1, 0.15) is 22.9 Å². The van der Waals surface area contributed by atoms with Crippen molar-refractivity contribution < 1.29 is 9.47 Å². The first-order valence-corrected chi connectivity index (χ1v) is 7.65. The minimum Gasteiger partial charge on any atom is -0.497 e. The molecule has 0 aromatic heterocycles. The van der Waals surface area contributed by atoms with Crippen LogP contribution in [0, 0.1) is 0 Å². The first-order chi connectivity index (χ1) is 9.74. The van der Waals surface area contributed by atoms with E-state index in [-0.39, 0.29) is 4.83 Å². The van der Waals surface area contributed by atoms with Crippen LogP contribution in [-0.2, 0) is 6.42 Å². The minimum absolute atomic E-state index is 0.220. The Morgan fingerprint density at radius 2 is 1.90 bits per heavy atom. The van der Waals surface area contributed by atoms with Gasteiger partial charge in [-0.3, -0.25) is 0 Å². The topological polar surface area (TPSA) is 18.5 Å². The Bertz CT molecular complexity index is 554. The Hall–Kier alpha value is -1.48. The highest BCUT2D eigenvalue weighted by atomic mass is 79.9. The molecule has 106 valence electrons. The Morgan fingerprint density at radius 3 is 2.65 bits per heavy atom. The molecule has 0 aliphatic heterocycles. The largest absolute Gasteiger partial charge is 0.497 e. The molecular formula is C17H19BrO2. The highest BCUT2D eigenvalue weighted by Crippen LogP contribution is 2.34. The number of rotatable bonds is 6. The minimum atomic E-state index is 0.220. The number of methoxy groups -OCH3 is 1. The summed E-state index contributed by atoms with van der Waals surface area (Å²) < 4.78 is 11.0. The van der Waals surface area contributed by atoms with E-state index in [1.165, 1.54) is 11.1 Å². The maximum absolute atomic E-state index is 5.69. The molecule has 0 aliphatic carbocycles. The zero-order valence-corrected chi connectivity index (χ0v) is 13.4. The number of benzene rings is 2. The smallest absolute Gasteiger partial charge is 0.123 e. The van der Waals surface area contributed by atoms with E-state index in [4.69, 9.17) is 9.47 Å². The van der Waals surface area contributed by atoms with Crippen molar-refractivity contribution in [2.24, 2.45) is 0 Å². The van der Waals surface area contributed by atoms with Gasteiger partial charge in [0.25, 0.3) is 0 Å². The van der Waals surface area contributed by atoms with Gasteiger partial charge < -0.3 is 9.47 Å². The lowest BCUT2D eigenvalue weighted by molar-refractivity contribution is 0.336. The number of hydrogen-bond acceptors (Lipinski definition) is 2. The molecule has 2 rings (SSSR count). The third kappa shape index (κ3) is 3.76. The highest BCUT2D eigenvalue weighted by Gasteiger charge is 2.13. The van der Waals surface area contributed by atoms with Crippen LogP contribution >= 0.6 is 15.9 Å². The van der Waals surface area contributed by atoms with Crippen molar-refractivity contribution in [3.8, 4) is 11.5 Å². The van der Waals surface area contributed by atoms with Gasteiger partial charge in [-0.25, -0.2) is 0 Å². The average molecular weight is 335 g/mol. The number of hydrogen-bond donors (Lipinski definition) is 0. The van der Waals surface area contributed by atoms with E-state index in [1.54, 1.807) is 7.11 Å². The predicted octanol–water partition coefficient (Wildman–Crippen LogP) is 4.77. The molecule has 3 heteroatoms. The normalized spacial score (nSPS) is 11.9. The summed E-state index contributed by atoms with van der Waals surface area (Å²) in [4.78, 5) is 0.220. The summed E-state index contributed by atoms with van der Waals surface area (Å²) in [7, 11) is 1.69. The van der Waals surface area contributed by atoms with Crippen LogP contribution < -0.4 is 9.47 Å². The second kappa shape index (κ2) is 7.34. The Labute approximate surface area is 128 Å². The molecule has 2 aromatic carbocycles. The van der Waals surface area contributed by atoms with Crippen LogP contribution in [-0.4, -0.2) is 13.7 Å². The monoisotopic (exact) mass is 334 g/mol. The van der Waals surface area contributed by atoms with Crippen molar-refractivity contribution in [3.05, 3.63) is 59.7 Å². The van der Waals surface area contributed by atoms with Crippen LogP contribution in [0.4, 0.5) is 0 Å². The second-order valence-electron chi connectivity index (χ2n) is 4.49. The quantitative estimate of drug-likeness (QED) is 0.708. The molecule has 1 atom stereocenters. The Morgan fingerprint density at radius 1 is 1.10 bits per heavy atom. The third-order valence-corrected chi connectivity index (χ3v) is 3.92. The summed E-state index contributed by atoms with van der Waals surface area (Å²) in [6.45, 7) is 2.68. The summed E-state index contributed by atoms with van der Waals surface area (Å²) >= 11 is 3.77. The fraction of sp³-hybridized carbons (Fsp3) is 0.294. The van der Waals surface area contributed by atoms with Crippen LogP contribution in [0.15, 0.2) is 48.5 Å². The summed E-state index contributed by atoms with van der Waals surface area (Å²) in [5.74, 6) is 1.83. The van der Waals surface area contributed by atoms with Gasteiger partial charge in [-0.15, -0.1) is 0 Å². The van der Waals surface area contributed by atoms with E-state index in [2.05, 4.69) is 34.1 Å². The van der Waals surface area contributed by atoms with Gasteiger partial charge in [-0.05, 0) is 37.1 Å². The van der Waals surface area contributed by atoms with Crippen LogP contribution in [0.2, 0.25) is 0 Å². The average Bonchev–Trinajstić information content (AvgIpc) is 2.48. The lowest BCUT2D eigenvalue weighted by atomic mass is 10.0. The number of para-hydroxylation sites is 1. The summed E-state index contributed by atoms with van der Waals surface area (Å²) in [5.41, 5.74) is 2.41. The van der Waals surface area contributed by atoms with Gasteiger partial charge in [0.2, 0.25) is 0 Å². The Kier molecular flexibility index (Phi) is 5.48. The van der Waals surface area contributed by atoms with Crippen LogP contribution in [0.5, 0.6) is 11.5 Å². The van der Waals surface area contributed by atoms with Crippen molar-refractivity contribution in [1.29, 1.82) is 0 Å². The molecule has 0 fully saturated rings. The first kappa shape index (κ1) is 14.9. The summed E-state index contributed by atoms with van der Waals surface area (Å²) in [5, 5.41) is 0. The molecule has 0 saturated heterocycles. The molecule has 2 aromatic rings. The fourth-order valence-corrected chi connectivity index (χ4v) is 2.89. The Balaban J connectivity index is 2.17. The van der Waals surface area contributed by atoms with Crippen molar-refractivity contribution in [2.75, 3.05) is 13.7 Å². The lowest BCUT2D eigenvalue weighted by Gasteiger charge is -2.15. The molecule has 1 unspecified atom stereocenters. The van der Waals surface area contributed by atoms with Gasteiger partial charge in [-0.1, -0.05) is 46.3 Å². The fourth-order valence-electron chi connectivity index (χ4n) is 2.14. The van der Waals surface area contributed by atoms with E-state index in [0.29, 0.717) is 6.61 Å². The number of halogens is 1. The SMILES string of the molecule is CCOc1ccccc1C(Br)Cc1cccc(OC)c1. The standard InChI is InChI=1S/C17H19BrO2/c1-3-20-17-10-5-4-9-15(17)16(18)12-13-7-6-8-14(11-13)19-2/h4-11,16H,3,12H2,1-2H3. The molecule has 0 N–H and O–H groups in total. The third-order valence-electron chi connectivity index (χ3n) is 3.11. The molecule has 2 nitrogen and oxygen atoms in total. The first-order valence-electron chi connectivity index (χ1n) is 6.73.